The molecule has 3 N–H and O–H groups in total. The molecule has 2 aliphatic heterocycles. The van der Waals surface area contributed by atoms with Crippen molar-refractivity contribution in [1.29, 1.82) is 0 Å². The van der Waals surface area contributed by atoms with Crippen LogP contribution < -0.4 is 16.6 Å². The fourth-order valence-electron chi connectivity index (χ4n) is 3.33. The van der Waals surface area contributed by atoms with Gasteiger partial charge in [-0.2, -0.15) is 0 Å². The molecule has 1 aromatic rings. The minimum atomic E-state index is -0.205. The van der Waals surface area contributed by atoms with Crippen LogP contribution >= 0.6 is 0 Å². The summed E-state index contributed by atoms with van der Waals surface area (Å²) in [6.07, 6.45) is 4.88. The molecular weight excluding hydrogens is 256 g/mol. The second-order valence-corrected chi connectivity index (χ2v) is 5.64. The first kappa shape index (κ1) is 13.2. The number of rotatable bonds is 3. The maximum atomic E-state index is 12.1. The summed E-state index contributed by atoms with van der Waals surface area (Å²) in [4.78, 5) is 26.2. The summed E-state index contributed by atoms with van der Waals surface area (Å²) in [7, 11) is 0. The molecule has 108 valence electrons. The van der Waals surface area contributed by atoms with Gasteiger partial charge in [-0.05, 0) is 31.9 Å². The Balaban J connectivity index is 1.62. The monoisotopic (exact) mass is 276 g/mol. The molecular formula is C14H20N4O2. The smallest absolute Gasteiger partial charge is 0.251 e. The van der Waals surface area contributed by atoms with Crippen molar-refractivity contribution in [1.82, 2.24) is 14.8 Å². The molecule has 0 aliphatic carbocycles. The van der Waals surface area contributed by atoms with Crippen LogP contribution in [0.5, 0.6) is 0 Å². The van der Waals surface area contributed by atoms with Gasteiger partial charge in [0.05, 0.1) is 0 Å². The topological polar surface area (TPSA) is 80.4 Å². The standard InChI is InChI=1S/C14H20N4O2/c15-10-3-4-14(20)18(8-10)9-13(19)16-11-5-7-17-6-1-2-12(11)17/h3-4,8,11-12H,1-2,5-7,9,15H2,(H,16,19). The van der Waals surface area contributed by atoms with E-state index in [2.05, 4.69) is 10.2 Å². The maximum Gasteiger partial charge on any atom is 0.251 e. The summed E-state index contributed by atoms with van der Waals surface area (Å²) in [6, 6.07) is 3.64. The average Bonchev–Trinajstić information content (AvgIpc) is 2.99. The van der Waals surface area contributed by atoms with Crippen LogP contribution in [-0.4, -0.2) is 40.5 Å². The van der Waals surface area contributed by atoms with Crippen molar-refractivity contribution >= 4 is 11.6 Å². The first-order valence-corrected chi connectivity index (χ1v) is 7.13. The van der Waals surface area contributed by atoms with Gasteiger partial charge < -0.3 is 15.6 Å². The van der Waals surface area contributed by atoms with Gasteiger partial charge >= 0.3 is 0 Å². The number of hydrogen-bond donors (Lipinski definition) is 2. The highest BCUT2D eigenvalue weighted by Crippen LogP contribution is 2.27. The lowest BCUT2D eigenvalue weighted by molar-refractivity contribution is -0.122. The lowest BCUT2D eigenvalue weighted by atomic mass is 10.1. The molecule has 1 amide bonds. The van der Waals surface area contributed by atoms with Gasteiger partial charge in [-0.1, -0.05) is 0 Å². The zero-order chi connectivity index (χ0) is 14.1. The van der Waals surface area contributed by atoms with Crippen molar-refractivity contribution in [2.75, 3.05) is 18.8 Å². The Labute approximate surface area is 117 Å². The van der Waals surface area contributed by atoms with E-state index in [0.29, 0.717) is 11.7 Å². The fourth-order valence-corrected chi connectivity index (χ4v) is 3.33. The molecule has 0 spiro atoms. The van der Waals surface area contributed by atoms with Crippen LogP contribution in [0, 0.1) is 0 Å². The van der Waals surface area contributed by atoms with Crippen molar-refractivity contribution in [2.24, 2.45) is 0 Å². The largest absolute Gasteiger partial charge is 0.398 e. The summed E-state index contributed by atoms with van der Waals surface area (Å²) in [5.74, 6) is -0.114. The van der Waals surface area contributed by atoms with Crippen LogP contribution in [0.25, 0.3) is 0 Å². The molecule has 0 bridgehead atoms. The van der Waals surface area contributed by atoms with E-state index in [0.717, 1.165) is 25.9 Å². The number of pyridine rings is 1. The van der Waals surface area contributed by atoms with E-state index >= 15 is 0 Å². The van der Waals surface area contributed by atoms with Crippen molar-refractivity contribution < 1.29 is 4.79 Å². The second-order valence-electron chi connectivity index (χ2n) is 5.64. The molecule has 3 rings (SSSR count). The van der Waals surface area contributed by atoms with Gasteiger partial charge in [-0.25, -0.2) is 0 Å². The lowest BCUT2D eigenvalue weighted by Gasteiger charge is -2.21. The molecule has 0 saturated carbocycles. The molecule has 3 heterocycles. The Morgan fingerprint density at radius 2 is 2.20 bits per heavy atom. The van der Waals surface area contributed by atoms with E-state index in [-0.39, 0.29) is 24.1 Å². The Morgan fingerprint density at radius 3 is 3.05 bits per heavy atom. The zero-order valence-corrected chi connectivity index (χ0v) is 11.4. The van der Waals surface area contributed by atoms with Crippen LogP contribution in [0.3, 0.4) is 0 Å². The lowest BCUT2D eigenvalue weighted by Crippen LogP contribution is -2.44. The molecule has 2 aliphatic rings. The molecule has 0 aromatic carbocycles. The number of aromatic nitrogens is 1. The van der Waals surface area contributed by atoms with E-state index in [9.17, 15) is 9.59 Å². The highest BCUT2D eigenvalue weighted by Gasteiger charge is 2.37. The Hall–Kier alpha value is -1.82. The van der Waals surface area contributed by atoms with E-state index < -0.39 is 0 Å². The third kappa shape index (κ3) is 2.56. The average molecular weight is 276 g/mol. The predicted octanol–water partition coefficient (Wildman–Crippen LogP) is -0.217. The third-order valence-electron chi connectivity index (χ3n) is 4.27. The van der Waals surface area contributed by atoms with E-state index in [1.807, 2.05) is 0 Å². The predicted molar refractivity (Wildman–Crippen MR) is 76.3 cm³/mol. The van der Waals surface area contributed by atoms with Gasteiger partial charge in [0.1, 0.15) is 6.54 Å². The van der Waals surface area contributed by atoms with Gasteiger partial charge in [0.15, 0.2) is 0 Å². The number of hydrogen-bond acceptors (Lipinski definition) is 4. The number of carbonyl (C=O) groups excluding carboxylic acids is 1. The number of amides is 1. The molecule has 2 fully saturated rings. The Kier molecular flexibility index (Phi) is 3.48. The van der Waals surface area contributed by atoms with E-state index in [1.54, 1.807) is 6.07 Å². The molecule has 6 nitrogen and oxygen atoms in total. The SMILES string of the molecule is Nc1ccc(=O)n(CC(=O)NC2CCN3CCCC23)c1. The number of nitrogen functional groups attached to an aromatic ring is 1. The van der Waals surface area contributed by atoms with Crippen LogP contribution in [-0.2, 0) is 11.3 Å². The number of fused-ring (bicyclic) bond motifs is 1. The maximum absolute atomic E-state index is 12.1. The van der Waals surface area contributed by atoms with Crippen molar-refractivity contribution in [2.45, 2.75) is 37.9 Å². The van der Waals surface area contributed by atoms with Crippen molar-refractivity contribution in [3.8, 4) is 0 Å². The number of nitrogens with zero attached hydrogens (tertiary/aromatic N) is 2. The highest BCUT2D eigenvalue weighted by atomic mass is 16.2. The number of carbonyl (C=O) groups is 1. The Morgan fingerprint density at radius 1 is 1.35 bits per heavy atom. The first-order chi connectivity index (χ1) is 9.63. The van der Waals surface area contributed by atoms with Gasteiger partial charge in [0.2, 0.25) is 5.91 Å². The highest BCUT2D eigenvalue weighted by molar-refractivity contribution is 5.76. The first-order valence-electron chi connectivity index (χ1n) is 7.13. The fraction of sp³-hybridized carbons (Fsp3) is 0.571. The van der Waals surface area contributed by atoms with Crippen LogP contribution in [0.2, 0.25) is 0 Å². The molecule has 1 aromatic heterocycles. The summed E-state index contributed by atoms with van der Waals surface area (Å²) in [5, 5.41) is 3.06. The molecule has 2 saturated heterocycles. The van der Waals surface area contributed by atoms with Crippen molar-refractivity contribution in [3.05, 3.63) is 28.7 Å². The Bertz CT molecular complexity index is 569. The molecule has 2 atom stereocenters. The minimum Gasteiger partial charge on any atom is -0.398 e. The van der Waals surface area contributed by atoms with E-state index in [1.165, 1.54) is 23.3 Å². The normalized spacial score (nSPS) is 25.6. The van der Waals surface area contributed by atoms with Crippen LogP contribution in [0.15, 0.2) is 23.1 Å². The van der Waals surface area contributed by atoms with Crippen LogP contribution in [0.1, 0.15) is 19.3 Å². The number of nitrogens with two attached hydrogens (primary N) is 1. The zero-order valence-electron chi connectivity index (χ0n) is 11.4. The summed E-state index contributed by atoms with van der Waals surface area (Å²) >= 11 is 0. The molecule has 20 heavy (non-hydrogen) atoms. The second kappa shape index (κ2) is 5.28. The number of nitrogens with one attached hydrogen (secondary N) is 1. The van der Waals surface area contributed by atoms with Gasteiger partial charge in [0, 0.05) is 36.6 Å². The van der Waals surface area contributed by atoms with Gasteiger partial charge in [-0.3, -0.25) is 14.5 Å². The van der Waals surface area contributed by atoms with Gasteiger partial charge in [0.25, 0.3) is 5.56 Å². The summed E-state index contributed by atoms with van der Waals surface area (Å²) in [5.41, 5.74) is 5.92. The van der Waals surface area contributed by atoms with Gasteiger partial charge in [-0.15, -0.1) is 0 Å². The molecule has 2 unspecified atom stereocenters. The van der Waals surface area contributed by atoms with Crippen molar-refractivity contribution in [3.63, 3.8) is 0 Å². The van der Waals surface area contributed by atoms with E-state index in [4.69, 9.17) is 5.73 Å². The summed E-state index contributed by atoms with van der Waals surface area (Å²) < 4.78 is 1.35. The minimum absolute atomic E-state index is 0.0348. The molecule has 0 radical (unpaired) electrons. The van der Waals surface area contributed by atoms with Crippen LogP contribution in [0.4, 0.5) is 5.69 Å². The summed E-state index contributed by atoms with van der Waals surface area (Å²) in [6.45, 7) is 2.24. The molecule has 6 heteroatoms. The third-order valence-corrected chi connectivity index (χ3v) is 4.27. The quantitative estimate of drug-likeness (QED) is 0.800. The number of anilines is 1.